The van der Waals surface area contributed by atoms with Crippen LogP contribution >= 0.6 is 0 Å². The molecule has 11 nitrogen and oxygen atoms in total. The van der Waals surface area contributed by atoms with Gasteiger partial charge in [-0.05, 0) is 68.5 Å². The lowest BCUT2D eigenvalue weighted by molar-refractivity contribution is -0.127. The van der Waals surface area contributed by atoms with Gasteiger partial charge in [0.15, 0.2) is 5.65 Å². The highest BCUT2D eigenvalue weighted by molar-refractivity contribution is 6.04. The van der Waals surface area contributed by atoms with E-state index in [2.05, 4.69) is 46.1 Å². The maximum absolute atomic E-state index is 13.0. The topological polar surface area (TPSA) is 135 Å². The molecule has 0 radical (unpaired) electrons. The number of nitrogen functional groups attached to an aromatic ring is 1. The van der Waals surface area contributed by atoms with Gasteiger partial charge in [0.25, 0.3) is 5.91 Å². The molecule has 0 spiro atoms. The molecule has 0 unspecified atom stereocenters. The van der Waals surface area contributed by atoms with E-state index in [0.29, 0.717) is 59.0 Å². The third kappa shape index (κ3) is 6.33. The number of pyridine rings is 1. The van der Waals surface area contributed by atoms with E-state index in [4.69, 9.17) is 10.8 Å². The fraction of sp³-hybridized carbons (Fsp3) is 0.394. The number of hydrogen-bond acceptors (Lipinski definition) is 8. The van der Waals surface area contributed by atoms with Gasteiger partial charge in [-0.25, -0.2) is 19.6 Å². The highest BCUT2D eigenvalue weighted by Gasteiger charge is 2.29. The van der Waals surface area contributed by atoms with Gasteiger partial charge in [-0.15, -0.1) is 0 Å². The quantitative estimate of drug-likeness (QED) is 0.268. The molecule has 228 valence electrons. The Kier molecular flexibility index (Phi) is 8.38. The Morgan fingerprint density at radius 3 is 2.66 bits per heavy atom. The maximum Gasteiger partial charge on any atom is 0.256 e. The highest BCUT2D eigenvalue weighted by atomic mass is 16.2. The number of amides is 2. The normalized spacial score (nSPS) is 17.2. The molecule has 2 amide bonds. The van der Waals surface area contributed by atoms with Crippen molar-refractivity contribution in [2.45, 2.75) is 57.5 Å². The summed E-state index contributed by atoms with van der Waals surface area (Å²) in [5, 5.41) is 8.53. The van der Waals surface area contributed by atoms with Crippen molar-refractivity contribution in [3.63, 3.8) is 0 Å². The fourth-order valence-electron chi connectivity index (χ4n) is 5.74. The van der Waals surface area contributed by atoms with Crippen LogP contribution in [0.1, 0.15) is 67.4 Å². The monoisotopic (exact) mass is 593 g/mol. The molecule has 1 saturated carbocycles. The number of carbonyl (C=O) groups is 2. The predicted octanol–water partition coefficient (Wildman–Crippen LogP) is 4.66. The van der Waals surface area contributed by atoms with Gasteiger partial charge in [-0.2, -0.15) is 5.10 Å². The summed E-state index contributed by atoms with van der Waals surface area (Å²) in [4.78, 5) is 43.3. The zero-order chi connectivity index (χ0) is 30.8. The van der Waals surface area contributed by atoms with Crippen LogP contribution in [0.3, 0.4) is 0 Å². The molecule has 3 N–H and O–H groups in total. The number of likely N-dealkylation sites (tertiary alicyclic amines) is 1. The van der Waals surface area contributed by atoms with Crippen LogP contribution in [0.25, 0.3) is 22.3 Å². The first-order valence-electron chi connectivity index (χ1n) is 15.3. The molecule has 4 heterocycles. The average molecular weight is 594 g/mol. The summed E-state index contributed by atoms with van der Waals surface area (Å²) in [5.74, 6) is 0.951. The van der Waals surface area contributed by atoms with Crippen molar-refractivity contribution in [3.8, 4) is 11.3 Å². The van der Waals surface area contributed by atoms with E-state index in [9.17, 15) is 9.59 Å². The van der Waals surface area contributed by atoms with Crippen molar-refractivity contribution in [2.24, 2.45) is 0 Å². The first-order valence-corrected chi connectivity index (χ1v) is 15.3. The summed E-state index contributed by atoms with van der Waals surface area (Å²) in [6.45, 7) is 6.22. The lowest BCUT2D eigenvalue weighted by Gasteiger charge is -2.32. The summed E-state index contributed by atoms with van der Waals surface area (Å²) in [7, 11) is 2.10. The molecule has 1 saturated heterocycles. The Bertz CT molecular complexity index is 1690. The number of anilines is 2. The molecule has 2 aliphatic rings. The molecule has 0 bridgehead atoms. The minimum Gasteiger partial charge on any atom is -0.383 e. The van der Waals surface area contributed by atoms with Crippen LogP contribution in [0.2, 0.25) is 0 Å². The van der Waals surface area contributed by atoms with Gasteiger partial charge >= 0.3 is 0 Å². The summed E-state index contributed by atoms with van der Waals surface area (Å²) in [6.07, 6.45) is 11.0. The minimum atomic E-state index is -0.247. The molecular weight excluding hydrogens is 554 g/mol. The van der Waals surface area contributed by atoms with E-state index in [1.807, 2.05) is 39.9 Å². The first kappa shape index (κ1) is 29.4. The molecular formula is C33H39N9O2. The zero-order valence-electron chi connectivity index (χ0n) is 25.5. The number of hydrogen-bond donors (Lipinski definition) is 2. The molecule has 6 rings (SSSR count). The Morgan fingerprint density at radius 1 is 1.11 bits per heavy atom. The maximum atomic E-state index is 13.0. The summed E-state index contributed by atoms with van der Waals surface area (Å²) in [6, 6.07) is 11.7. The fourth-order valence-corrected chi connectivity index (χ4v) is 5.74. The number of fused-ring (bicyclic) bond motifs is 1. The Labute approximate surface area is 257 Å². The van der Waals surface area contributed by atoms with Crippen LogP contribution < -0.4 is 11.1 Å². The van der Waals surface area contributed by atoms with Crippen LogP contribution in [-0.4, -0.2) is 79.1 Å². The number of piperidine rings is 1. The molecule has 1 aliphatic carbocycles. The van der Waals surface area contributed by atoms with Crippen molar-refractivity contribution in [1.82, 2.24) is 34.5 Å². The second-order valence-electron chi connectivity index (χ2n) is 12.1. The van der Waals surface area contributed by atoms with Crippen LogP contribution in [0, 0.1) is 0 Å². The van der Waals surface area contributed by atoms with E-state index < -0.39 is 0 Å². The van der Waals surface area contributed by atoms with E-state index in [-0.39, 0.29) is 17.9 Å². The van der Waals surface area contributed by atoms with Gasteiger partial charge in [-0.1, -0.05) is 32.1 Å². The number of likely N-dealkylation sites (N-methyl/N-ethyl adjacent to an activating group) is 1. The highest BCUT2D eigenvalue weighted by Crippen LogP contribution is 2.34. The number of benzene rings is 1. The van der Waals surface area contributed by atoms with E-state index in [0.717, 1.165) is 30.5 Å². The summed E-state index contributed by atoms with van der Waals surface area (Å²) in [5.41, 5.74) is 10.0. The predicted molar refractivity (Wildman–Crippen MR) is 171 cm³/mol. The number of nitrogens with two attached hydrogens (primary N) is 1. The lowest BCUT2D eigenvalue weighted by Crippen LogP contribution is -2.40. The van der Waals surface area contributed by atoms with Crippen LogP contribution in [0.15, 0.2) is 61.1 Å². The molecule has 2 fully saturated rings. The first-order chi connectivity index (χ1) is 21.3. The smallest absolute Gasteiger partial charge is 0.256 e. The number of nitrogens with one attached hydrogen (secondary N) is 1. The molecule has 11 heteroatoms. The van der Waals surface area contributed by atoms with Gasteiger partial charge in [0.05, 0.1) is 11.4 Å². The van der Waals surface area contributed by atoms with Gasteiger partial charge in [0, 0.05) is 49.1 Å². The lowest BCUT2D eigenvalue weighted by atomic mass is 10.0. The zero-order valence-corrected chi connectivity index (χ0v) is 25.5. The third-order valence-corrected chi connectivity index (χ3v) is 8.51. The van der Waals surface area contributed by atoms with Crippen molar-refractivity contribution >= 4 is 34.5 Å². The molecule has 44 heavy (non-hydrogen) atoms. The van der Waals surface area contributed by atoms with Gasteiger partial charge < -0.3 is 16.0 Å². The number of rotatable bonds is 9. The van der Waals surface area contributed by atoms with Gasteiger partial charge in [0.1, 0.15) is 23.7 Å². The minimum absolute atomic E-state index is 0.0183. The SMILES string of the molecule is CC(C)c1ccnc(NC(=O)c2ccc(-c3nn([C@@H]4CCCN(C(=O)/C=C/CN(C)C5CC5)C4)c4ncnc(N)c34)cc2)c1. The van der Waals surface area contributed by atoms with Crippen molar-refractivity contribution < 1.29 is 9.59 Å². The van der Waals surface area contributed by atoms with Crippen molar-refractivity contribution in [3.05, 3.63) is 72.2 Å². The Morgan fingerprint density at radius 2 is 1.91 bits per heavy atom. The van der Waals surface area contributed by atoms with Gasteiger partial charge in [0.2, 0.25) is 5.91 Å². The Hall–Kier alpha value is -4.64. The molecule has 3 aromatic heterocycles. The standard InChI is InChI=1S/C33H39N9O2/c1-21(2)24-14-15-35-27(18-24)38-33(44)23-10-8-22(9-11-23)30-29-31(34)36-20-37-32(29)42(39-30)26-6-4-17-41(19-26)28(43)7-5-16-40(3)25-12-13-25/h5,7-11,14-15,18,20-21,25-26H,4,6,12-13,16-17,19H2,1-3H3,(H2,34,36,37)(H,35,38,44)/b7-5+/t26-/m1/s1. The summed E-state index contributed by atoms with van der Waals surface area (Å²) >= 11 is 0. The van der Waals surface area contributed by atoms with Crippen LogP contribution in [0.5, 0.6) is 0 Å². The van der Waals surface area contributed by atoms with Crippen molar-refractivity contribution in [2.75, 3.05) is 37.7 Å². The van der Waals surface area contributed by atoms with Crippen molar-refractivity contribution in [1.29, 1.82) is 0 Å². The Balaban J connectivity index is 1.21. The van der Waals surface area contributed by atoms with E-state index in [1.54, 1.807) is 24.4 Å². The van der Waals surface area contributed by atoms with E-state index >= 15 is 0 Å². The van der Waals surface area contributed by atoms with Gasteiger partial charge in [-0.3, -0.25) is 14.5 Å². The van der Waals surface area contributed by atoms with Crippen LogP contribution in [0.4, 0.5) is 11.6 Å². The second kappa shape index (κ2) is 12.5. The average Bonchev–Trinajstić information content (AvgIpc) is 3.81. The number of aromatic nitrogens is 5. The second-order valence-corrected chi connectivity index (χ2v) is 12.1. The molecule has 1 atom stereocenters. The van der Waals surface area contributed by atoms with Crippen LogP contribution in [-0.2, 0) is 4.79 Å². The molecule has 1 aliphatic heterocycles. The number of carbonyl (C=O) groups excluding carboxylic acids is 2. The largest absolute Gasteiger partial charge is 0.383 e. The molecule has 1 aromatic carbocycles. The third-order valence-electron chi connectivity index (χ3n) is 8.51. The summed E-state index contributed by atoms with van der Waals surface area (Å²) < 4.78 is 1.89. The van der Waals surface area contributed by atoms with E-state index in [1.165, 1.54) is 19.2 Å². The number of nitrogens with zero attached hydrogens (tertiary/aromatic N) is 7. The molecule has 4 aromatic rings.